The van der Waals surface area contributed by atoms with Crippen LogP contribution in [0.2, 0.25) is 0 Å². The summed E-state index contributed by atoms with van der Waals surface area (Å²) in [5, 5.41) is 12.5. The molecule has 2 N–H and O–H groups in total. The minimum Gasteiger partial charge on any atom is -0.507 e. The molecule has 4 rings (SSSR count). The summed E-state index contributed by atoms with van der Waals surface area (Å²) >= 11 is 0. The lowest BCUT2D eigenvalue weighted by atomic mass is 9.78. The van der Waals surface area contributed by atoms with Gasteiger partial charge in [-0.2, -0.15) is 0 Å². The second kappa shape index (κ2) is 6.87. The Bertz CT molecular complexity index is 900. The molecule has 0 unspecified atom stereocenters. The minimum atomic E-state index is -0.988. The summed E-state index contributed by atoms with van der Waals surface area (Å²) in [6.45, 7) is 9.34. The number of hydrogen-bond donors (Lipinski definition) is 2. The van der Waals surface area contributed by atoms with Gasteiger partial charge in [0, 0.05) is 11.8 Å². The normalized spacial score (nSPS) is 43.5. The highest BCUT2D eigenvalue weighted by atomic mass is 16.8. The van der Waals surface area contributed by atoms with Crippen molar-refractivity contribution in [3.05, 3.63) is 35.1 Å². The monoisotopic (exact) mass is 417 g/mol. The summed E-state index contributed by atoms with van der Waals surface area (Å²) in [5.41, 5.74) is -0.167. The fourth-order valence-corrected chi connectivity index (χ4v) is 4.67. The van der Waals surface area contributed by atoms with Crippen LogP contribution >= 0.6 is 0 Å². The van der Waals surface area contributed by atoms with Crippen molar-refractivity contribution in [2.75, 3.05) is 6.54 Å². The third-order valence-corrected chi connectivity index (χ3v) is 6.67. The molecule has 4 heterocycles. The summed E-state index contributed by atoms with van der Waals surface area (Å²) in [6.07, 6.45) is 3.64. The molecule has 7 atom stereocenters. The maximum Gasteiger partial charge on any atom is 0.259 e. The van der Waals surface area contributed by atoms with Gasteiger partial charge in [0.25, 0.3) is 5.91 Å². The van der Waals surface area contributed by atoms with Gasteiger partial charge in [-0.1, -0.05) is 31.6 Å². The van der Waals surface area contributed by atoms with Crippen molar-refractivity contribution in [3.8, 4) is 0 Å². The highest BCUT2D eigenvalue weighted by Gasteiger charge is 2.76. The molecule has 0 aromatic carbocycles. The number of ketones is 2. The highest BCUT2D eigenvalue weighted by molar-refractivity contribution is 6.25. The molecule has 8 nitrogen and oxygen atoms in total. The van der Waals surface area contributed by atoms with E-state index in [0.29, 0.717) is 0 Å². The Hall–Kier alpha value is -2.29. The van der Waals surface area contributed by atoms with E-state index >= 15 is 0 Å². The zero-order chi connectivity index (χ0) is 22.0. The number of ether oxygens (including phenoxy) is 3. The van der Waals surface area contributed by atoms with Gasteiger partial charge in [0.05, 0.1) is 12.6 Å². The van der Waals surface area contributed by atoms with Crippen molar-refractivity contribution in [3.63, 3.8) is 0 Å². The zero-order valence-electron chi connectivity index (χ0n) is 17.7. The lowest BCUT2D eigenvalue weighted by molar-refractivity contribution is -0.350. The van der Waals surface area contributed by atoms with E-state index in [2.05, 4.69) is 5.32 Å². The summed E-state index contributed by atoms with van der Waals surface area (Å²) in [5.74, 6) is -2.59. The molecule has 0 aliphatic carbocycles. The lowest BCUT2D eigenvalue weighted by Crippen LogP contribution is -2.66. The molecule has 0 spiro atoms. The van der Waals surface area contributed by atoms with E-state index in [1.165, 1.54) is 6.08 Å². The van der Waals surface area contributed by atoms with E-state index < -0.39 is 35.3 Å². The van der Waals surface area contributed by atoms with Crippen molar-refractivity contribution in [2.24, 2.45) is 11.8 Å². The van der Waals surface area contributed by atoms with E-state index in [0.717, 1.165) is 5.57 Å². The summed E-state index contributed by atoms with van der Waals surface area (Å²) in [7, 11) is 0. The first-order valence-corrected chi connectivity index (χ1v) is 10.2. The number of carbonyl (C=O) groups excluding carboxylic acids is 3. The van der Waals surface area contributed by atoms with E-state index in [-0.39, 0.29) is 41.6 Å². The Morgan fingerprint density at radius 1 is 1.20 bits per heavy atom. The Labute approximate surface area is 174 Å². The number of rotatable bonds is 4. The SMILES string of the molecule is CC(=C[C@@H](C)[C@H]1O[C@@]2(C)O[C@H](C(=O)[C@H]3O[C@]32C)[C@@H]1C)/C=C\C(O)=C1\C(=O)CNC1=O. The van der Waals surface area contributed by atoms with Crippen LogP contribution in [0.25, 0.3) is 0 Å². The largest absolute Gasteiger partial charge is 0.507 e. The quantitative estimate of drug-likeness (QED) is 0.234. The molecule has 0 radical (unpaired) electrons. The number of hydrogen-bond acceptors (Lipinski definition) is 7. The molecule has 0 aromatic rings. The minimum absolute atomic E-state index is 0.0281. The molecule has 0 saturated carbocycles. The highest BCUT2D eigenvalue weighted by Crippen LogP contribution is 2.57. The molecular weight excluding hydrogens is 390 g/mol. The topological polar surface area (TPSA) is 114 Å². The van der Waals surface area contributed by atoms with E-state index in [4.69, 9.17) is 14.2 Å². The van der Waals surface area contributed by atoms with Crippen molar-refractivity contribution in [1.29, 1.82) is 0 Å². The fourth-order valence-electron chi connectivity index (χ4n) is 4.67. The van der Waals surface area contributed by atoms with E-state index in [1.807, 2.05) is 40.7 Å². The summed E-state index contributed by atoms with van der Waals surface area (Å²) < 4.78 is 18.0. The maximum atomic E-state index is 12.7. The Kier molecular flexibility index (Phi) is 4.80. The van der Waals surface area contributed by atoms with Crippen molar-refractivity contribution in [2.45, 2.75) is 64.3 Å². The van der Waals surface area contributed by atoms with Crippen LogP contribution in [-0.4, -0.2) is 58.8 Å². The van der Waals surface area contributed by atoms with Crippen LogP contribution in [0.15, 0.2) is 35.1 Å². The predicted octanol–water partition coefficient (Wildman–Crippen LogP) is 1.51. The number of Topliss-reactive ketones (excluding diaryl/α,β-unsaturated/α-hetero) is 2. The maximum absolute atomic E-state index is 12.7. The van der Waals surface area contributed by atoms with Crippen LogP contribution in [0.4, 0.5) is 0 Å². The smallest absolute Gasteiger partial charge is 0.259 e. The standard InChI is InChI=1S/C22H27NO7/c1-10(6-7-13(24)15-14(25)9-23-20(15)27)8-11(2)17-12(3)18-16(26)19-21(4,30-19)22(5,28-17)29-18/h6-8,11-12,17-19,24H,9H2,1-5H3,(H,23,27)/b7-6-,10-8?,15-13+/t11-,12-,17-,18+,19-,21-,22+/m1/s1. The van der Waals surface area contributed by atoms with Crippen LogP contribution in [0.5, 0.6) is 0 Å². The number of epoxide rings is 1. The van der Waals surface area contributed by atoms with Gasteiger partial charge in [0.1, 0.15) is 17.4 Å². The van der Waals surface area contributed by atoms with Crippen LogP contribution in [0, 0.1) is 11.8 Å². The molecule has 30 heavy (non-hydrogen) atoms. The van der Waals surface area contributed by atoms with Crippen molar-refractivity contribution >= 4 is 17.5 Å². The van der Waals surface area contributed by atoms with Crippen molar-refractivity contribution < 1.29 is 33.7 Å². The zero-order valence-corrected chi connectivity index (χ0v) is 17.7. The number of aliphatic hydroxyl groups excluding tert-OH is 1. The molecule has 162 valence electrons. The van der Waals surface area contributed by atoms with Crippen LogP contribution in [-0.2, 0) is 28.6 Å². The Balaban J connectivity index is 1.51. The van der Waals surface area contributed by atoms with Gasteiger partial charge < -0.3 is 24.6 Å². The third kappa shape index (κ3) is 3.05. The number of carbonyl (C=O) groups is 3. The number of allylic oxidation sites excluding steroid dienone is 3. The molecule has 8 heteroatoms. The second-order valence-corrected chi connectivity index (χ2v) is 8.90. The number of aliphatic hydroxyl groups is 1. The van der Waals surface area contributed by atoms with E-state index in [1.54, 1.807) is 6.08 Å². The van der Waals surface area contributed by atoms with Gasteiger partial charge in [-0.3, -0.25) is 14.4 Å². The van der Waals surface area contributed by atoms with Gasteiger partial charge in [-0.05, 0) is 26.8 Å². The molecule has 2 bridgehead atoms. The molecule has 0 aromatic heterocycles. The first-order valence-electron chi connectivity index (χ1n) is 10.2. The molecule has 4 aliphatic heterocycles. The summed E-state index contributed by atoms with van der Waals surface area (Å²) in [6, 6.07) is 0. The van der Waals surface area contributed by atoms with Gasteiger partial charge in [-0.25, -0.2) is 0 Å². The average Bonchev–Trinajstić information content (AvgIpc) is 3.29. The van der Waals surface area contributed by atoms with Gasteiger partial charge in [0.15, 0.2) is 29.1 Å². The number of amides is 1. The molecule has 1 amide bonds. The van der Waals surface area contributed by atoms with Gasteiger partial charge in [-0.15, -0.1) is 0 Å². The van der Waals surface area contributed by atoms with Crippen LogP contribution in [0.3, 0.4) is 0 Å². The van der Waals surface area contributed by atoms with Crippen LogP contribution < -0.4 is 5.32 Å². The lowest BCUT2D eigenvalue weighted by Gasteiger charge is -2.51. The van der Waals surface area contributed by atoms with Crippen molar-refractivity contribution in [1.82, 2.24) is 5.32 Å². The fraction of sp³-hybridized carbons (Fsp3) is 0.591. The Morgan fingerprint density at radius 3 is 2.53 bits per heavy atom. The summed E-state index contributed by atoms with van der Waals surface area (Å²) in [4.78, 5) is 36.0. The van der Waals surface area contributed by atoms with Gasteiger partial charge in [0.2, 0.25) is 0 Å². The third-order valence-electron chi connectivity index (χ3n) is 6.67. The number of fused-ring (bicyclic) bond motifs is 4. The predicted molar refractivity (Wildman–Crippen MR) is 105 cm³/mol. The average molecular weight is 417 g/mol. The Morgan fingerprint density at radius 2 is 1.90 bits per heavy atom. The molecular formula is C22H27NO7. The number of nitrogens with one attached hydrogen (secondary N) is 1. The van der Waals surface area contributed by atoms with E-state index in [9.17, 15) is 19.5 Å². The molecule has 4 aliphatic rings. The molecule has 4 saturated heterocycles. The van der Waals surface area contributed by atoms with Gasteiger partial charge >= 0.3 is 0 Å². The first-order chi connectivity index (χ1) is 14.0. The van der Waals surface area contributed by atoms with Crippen LogP contribution in [0.1, 0.15) is 34.6 Å². The first kappa shape index (κ1) is 21.0. The molecule has 4 fully saturated rings. The second-order valence-electron chi connectivity index (χ2n) is 8.90.